The molecule has 0 fully saturated rings. The molecule has 166 valence electrons. The zero-order valence-corrected chi connectivity index (χ0v) is 20.5. The van der Waals surface area contributed by atoms with E-state index in [-0.39, 0.29) is 24.0 Å². The highest BCUT2D eigenvalue weighted by Gasteiger charge is 2.23. The van der Waals surface area contributed by atoms with Crippen LogP contribution in [0.3, 0.4) is 0 Å². The molecule has 7 nitrogen and oxygen atoms in total. The van der Waals surface area contributed by atoms with E-state index < -0.39 is 5.60 Å². The van der Waals surface area contributed by atoms with Gasteiger partial charge in [-0.25, -0.2) is 4.99 Å². The fraction of sp³-hybridized carbons (Fsp3) is 0.409. The van der Waals surface area contributed by atoms with Crippen LogP contribution in [0.25, 0.3) is 0 Å². The Morgan fingerprint density at radius 1 is 0.967 bits per heavy atom. The molecule has 2 aromatic rings. The first-order chi connectivity index (χ1) is 14.0. The number of methoxy groups -OCH3 is 3. The molecule has 1 unspecified atom stereocenters. The molecule has 0 heterocycles. The number of halogens is 1. The Kier molecular flexibility index (Phi) is 10.8. The molecule has 8 heteroatoms. The minimum absolute atomic E-state index is 0. The molecule has 0 bridgehead atoms. The minimum atomic E-state index is -1.03. The van der Waals surface area contributed by atoms with Crippen LogP contribution in [0.4, 0.5) is 0 Å². The van der Waals surface area contributed by atoms with E-state index in [0.29, 0.717) is 42.8 Å². The first-order valence-corrected chi connectivity index (χ1v) is 9.54. The number of guanidine groups is 1. The number of nitrogens with zero attached hydrogens (tertiary/aromatic N) is 1. The summed E-state index contributed by atoms with van der Waals surface area (Å²) in [5.41, 5.74) is 0.667. The number of ether oxygens (including phenoxy) is 3. The summed E-state index contributed by atoms with van der Waals surface area (Å²) >= 11 is 0. The third-order valence-electron chi connectivity index (χ3n) is 4.53. The zero-order valence-electron chi connectivity index (χ0n) is 18.2. The first-order valence-electron chi connectivity index (χ1n) is 9.54. The average Bonchev–Trinajstić information content (AvgIpc) is 2.75. The van der Waals surface area contributed by atoms with Crippen molar-refractivity contribution in [3.05, 3.63) is 53.6 Å². The van der Waals surface area contributed by atoms with Gasteiger partial charge in [0.25, 0.3) is 0 Å². The van der Waals surface area contributed by atoms with Gasteiger partial charge in [0, 0.05) is 12.1 Å². The van der Waals surface area contributed by atoms with Gasteiger partial charge < -0.3 is 30.0 Å². The molecule has 0 aliphatic rings. The van der Waals surface area contributed by atoms with Crippen molar-refractivity contribution in [3.63, 3.8) is 0 Å². The van der Waals surface area contributed by atoms with Crippen LogP contribution in [0.2, 0.25) is 0 Å². The van der Waals surface area contributed by atoms with Crippen molar-refractivity contribution in [1.29, 1.82) is 0 Å². The molecule has 0 saturated carbocycles. The zero-order chi connectivity index (χ0) is 21.3. The maximum atomic E-state index is 10.8. The predicted octanol–water partition coefficient (Wildman–Crippen LogP) is 3.29. The van der Waals surface area contributed by atoms with Crippen molar-refractivity contribution in [3.8, 4) is 17.2 Å². The highest BCUT2D eigenvalue weighted by molar-refractivity contribution is 14.0. The van der Waals surface area contributed by atoms with Gasteiger partial charge in [-0.2, -0.15) is 0 Å². The van der Waals surface area contributed by atoms with Gasteiger partial charge in [0.1, 0.15) is 5.60 Å². The second-order valence-electron chi connectivity index (χ2n) is 6.68. The SMILES string of the molecule is CCNC(=NCc1ccc(OC)c(OC)c1OC)NCC(C)(O)c1ccccc1.I. The van der Waals surface area contributed by atoms with Crippen molar-refractivity contribution in [1.82, 2.24) is 10.6 Å². The van der Waals surface area contributed by atoms with Crippen molar-refractivity contribution in [2.45, 2.75) is 26.0 Å². The van der Waals surface area contributed by atoms with E-state index in [4.69, 9.17) is 14.2 Å². The van der Waals surface area contributed by atoms with Crippen LogP contribution in [0.5, 0.6) is 17.2 Å². The maximum absolute atomic E-state index is 10.8. The van der Waals surface area contributed by atoms with Crippen LogP contribution in [0, 0.1) is 0 Å². The third kappa shape index (κ3) is 6.66. The van der Waals surface area contributed by atoms with Crippen LogP contribution >= 0.6 is 24.0 Å². The topological polar surface area (TPSA) is 84.3 Å². The van der Waals surface area contributed by atoms with E-state index in [2.05, 4.69) is 15.6 Å². The number of hydrogen-bond donors (Lipinski definition) is 3. The number of aliphatic hydroxyl groups is 1. The van der Waals surface area contributed by atoms with Gasteiger partial charge in [0.05, 0.1) is 34.4 Å². The van der Waals surface area contributed by atoms with Gasteiger partial charge in [-0.05, 0) is 31.5 Å². The van der Waals surface area contributed by atoms with Gasteiger partial charge in [0.15, 0.2) is 17.5 Å². The summed E-state index contributed by atoms with van der Waals surface area (Å²) in [6.07, 6.45) is 0. The highest BCUT2D eigenvalue weighted by atomic mass is 127. The summed E-state index contributed by atoms with van der Waals surface area (Å²) in [5, 5.41) is 17.2. The fourth-order valence-electron chi connectivity index (χ4n) is 2.95. The largest absolute Gasteiger partial charge is 0.493 e. The van der Waals surface area contributed by atoms with Gasteiger partial charge in [-0.3, -0.25) is 0 Å². The molecule has 2 rings (SSSR count). The number of benzene rings is 2. The van der Waals surface area contributed by atoms with E-state index in [1.54, 1.807) is 28.3 Å². The van der Waals surface area contributed by atoms with E-state index in [9.17, 15) is 5.11 Å². The molecule has 0 saturated heterocycles. The van der Waals surface area contributed by atoms with Crippen LogP contribution in [0.15, 0.2) is 47.5 Å². The lowest BCUT2D eigenvalue weighted by molar-refractivity contribution is 0.0617. The van der Waals surface area contributed by atoms with Crippen LogP contribution in [-0.2, 0) is 12.1 Å². The lowest BCUT2D eigenvalue weighted by Gasteiger charge is -2.25. The first kappa shape index (κ1) is 25.8. The van der Waals surface area contributed by atoms with E-state index in [1.165, 1.54) is 0 Å². The van der Waals surface area contributed by atoms with Crippen molar-refractivity contribution in [2.75, 3.05) is 34.4 Å². The summed E-state index contributed by atoms with van der Waals surface area (Å²) in [6.45, 7) is 5.14. The Morgan fingerprint density at radius 3 is 2.20 bits per heavy atom. The number of rotatable bonds is 9. The quantitative estimate of drug-likeness (QED) is 0.263. The monoisotopic (exact) mass is 529 g/mol. The van der Waals surface area contributed by atoms with E-state index >= 15 is 0 Å². The summed E-state index contributed by atoms with van der Waals surface area (Å²) in [7, 11) is 4.75. The Bertz CT molecular complexity index is 814. The second kappa shape index (κ2) is 12.5. The van der Waals surface area contributed by atoms with E-state index in [0.717, 1.165) is 11.1 Å². The standard InChI is InChI=1S/C22H31N3O4.HI/c1-6-23-21(25-15-22(2,26)17-10-8-7-9-11-17)24-14-16-12-13-18(27-3)20(29-5)19(16)28-4;/h7-13,26H,6,14-15H2,1-5H3,(H2,23,24,25);1H. The van der Waals surface area contributed by atoms with Crippen molar-refractivity contribution < 1.29 is 19.3 Å². The summed E-state index contributed by atoms with van der Waals surface area (Å²) in [5.74, 6) is 2.32. The Hall–Kier alpha value is -2.20. The van der Waals surface area contributed by atoms with Gasteiger partial charge >= 0.3 is 0 Å². The number of hydrogen-bond acceptors (Lipinski definition) is 5. The average molecular weight is 529 g/mol. The second-order valence-corrected chi connectivity index (χ2v) is 6.68. The van der Waals surface area contributed by atoms with Gasteiger partial charge in [-0.1, -0.05) is 30.3 Å². The Balaban J connectivity index is 0.00000450. The fourth-order valence-corrected chi connectivity index (χ4v) is 2.95. The maximum Gasteiger partial charge on any atom is 0.203 e. The molecule has 0 amide bonds. The highest BCUT2D eigenvalue weighted by Crippen LogP contribution is 2.39. The molecular formula is C22H32IN3O4. The van der Waals surface area contributed by atoms with Crippen LogP contribution < -0.4 is 24.8 Å². The molecule has 3 N–H and O–H groups in total. The van der Waals surface area contributed by atoms with Crippen molar-refractivity contribution in [2.24, 2.45) is 4.99 Å². The third-order valence-corrected chi connectivity index (χ3v) is 4.53. The summed E-state index contributed by atoms with van der Waals surface area (Å²) < 4.78 is 16.3. The molecule has 0 radical (unpaired) electrons. The van der Waals surface area contributed by atoms with E-state index in [1.807, 2.05) is 49.4 Å². The van der Waals surface area contributed by atoms with Gasteiger partial charge in [-0.15, -0.1) is 24.0 Å². The lowest BCUT2D eigenvalue weighted by atomic mass is 9.96. The molecule has 0 aliphatic carbocycles. The molecule has 1 atom stereocenters. The smallest absolute Gasteiger partial charge is 0.203 e. The Labute approximate surface area is 195 Å². The Morgan fingerprint density at radius 2 is 1.63 bits per heavy atom. The lowest BCUT2D eigenvalue weighted by Crippen LogP contribution is -2.44. The molecular weight excluding hydrogens is 497 g/mol. The summed E-state index contributed by atoms with van der Waals surface area (Å²) in [4.78, 5) is 4.63. The molecule has 0 aliphatic heterocycles. The molecule has 2 aromatic carbocycles. The normalized spacial score (nSPS) is 12.9. The molecule has 0 spiro atoms. The predicted molar refractivity (Wildman–Crippen MR) is 130 cm³/mol. The van der Waals surface area contributed by atoms with Crippen molar-refractivity contribution >= 4 is 29.9 Å². The van der Waals surface area contributed by atoms with Gasteiger partial charge in [0.2, 0.25) is 5.75 Å². The minimum Gasteiger partial charge on any atom is -0.493 e. The molecule has 0 aromatic heterocycles. The van der Waals surface area contributed by atoms with Crippen LogP contribution in [-0.4, -0.2) is 45.5 Å². The van der Waals surface area contributed by atoms with Crippen LogP contribution in [0.1, 0.15) is 25.0 Å². The molecule has 30 heavy (non-hydrogen) atoms. The number of aliphatic imine (C=N–C) groups is 1. The number of nitrogens with one attached hydrogen (secondary N) is 2. The summed E-state index contributed by atoms with van der Waals surface area (Å²) in [6, 6.07) is 13.3.